The molecule has 0 aromatic heterocycles. The third-order valence-corrected chi connectivity index (χ3v) is 5.20. The Morgan fingerprint density at radius 2 is 1.95 bits per heavy atom. The summed E-state index contributed by atoms with van der Waals surface area (Å²) in [6, 6.07) is 12.8. The molecule has 2 aromatic carbocycles. The average Bonchev–Trinajstić information content (AvgIpc) is 2.85. The summed E-state index contributed by atoms with van der Waals surface area (Å²) in [5, 5.41) is -0.104. The minimum Gasteiger partial charge on any atom is -0.295 e. The third kappa shape index (κ3) is 2.85. The Morgan fingerprint density at radius 3 is 2.62 bits per heavy atom. The lowest BCUT2D eigenvalue weighted by Crippen LogP contribution is -2.27. The lowest BCUT2D eigenvalue weighted by molar-refractivity contribution is -0.115. The molecule has 0 bridgehead atoms. The Kier molecular flexibility index (Phi) is 4.04. The van der Waals surface area contributed by atoms with Crippen LogP contribution in [0.4, 0.5) is 10.1 Å². The maximum Gasteiger partial charge on any atom is 0.238 e. The topological polar surface area (TPSA) is 20.3 Å². The molecule has 1 amide bonds. The van der Waals surface area contributed by atoms with E-state index in [1.807, 2.05) is 24.3 Å². The van der Waals surface area contributed by atoms with Crippen molar-refractivity contribution in [2.45, 2.75) is 12.3 Å². The van der Waals surface area contributed by atoms with Gasteiger partial charge >= 0.3 is 0 Å². The predicted octanol–water partition coefficient (Wildman–Crippen LogP) is 4.68. The van der Waals surface area contributed by atoms with Crippen molar-refractivity contribution in [3.05, 3.63) is 63.9 Å². The maximum absolute atomic E-state index is 13.8. The minimum absolute atomic E-state index is 0.0103. The van der Waals surface area contributed by atoms with Gasteiger partial charge in [-0.15, -0.1) is 11.8 Å². The van der Waals surface area contributed by atoms with Crippen molar-refractivity contribution in [3.63, 3.8) is 0 Å². The zero-order valence-electron chi connectivity index (χ0n) is 11.3. The Bertz CT molecular complexity index is 689. The van der Waals surface area contributed by atoms with Crippen molar-refractivity contribution in [2.24, 2.45) is 0 Å². The molecule has 0 saturated carbocycles. The summed E-state index contributed by atoms with van der Waals surface area (Å²) in [6.45, 7) is 1.71. The van der Waals surface area contributed by atoms with E-state index in [1.165, 1.54) is 6.07 Å². The standard InChI is InChI=1S/C16H13BrFNOS/c1-10-2-7-13(8-14(10)18)19-15(20)9-21-16(19)11-3-5-12(17)6-4-11/h2-8,16H,9H2,1H3. The van der Waals surface area contributed by atoms with Crippen LogP contribution in [-0.4, -0.2) is 11.7 Å². The quantitative estimate of drug-likeness (QED) is 0.770. The van der Waals surface area contributed by atoms with Crippen molar-refractivity contribution in [1.29, 1.82) is 0 Å². The smallest absolute Gasteiger partial charge is 0.238 e. The summed E-state index contributed by atoms with van der Waals surface area (Å²) < 4.78 is 14.8. The van der Waals surface area contributed by atoms with Crippen LogP contribution in [-0.2, 0) is 4.79 Å². The van der Waals surface area contributed by atoms with E-state index in [1.54, 1.807) is 35.7 Å². The monoisotopic (exact) mass is 365 g/mol. The third-order valence-electron chi connectivity index (χ3n) is 3.46. The van der Waals surface area contributed by atoms with Gasteiger partial charge < -0.3 is 0 Å². The van der Waals surface area contributed by atoms with Gasteiger partial charge in [-0.25, -0.2) is 4.39 Å². The van der Waals surface area contributed by atoms with E-state index >= 15 is 0 Å². The van der Waals surface area contributed by atoms with Crippen LogP contribution in [0, 0.1) is 12.7 Å². The Balaban J connectivity index is 1.99. The van der Waals surface area contributed by atoms with E-state index in [0.717, 1.165) is 10.0 Å². The molecule has 3 rings (SSSR count). The van der Waals surface area contributed by atoms with Crippen molar-refractivity contribution >= 4 is 39.3 Å². The summed E-state index contributed by atoms with van der Waals surface area (Å²) in [5.41, 5.74) is 2.23. The van der Waals surface area contributed by atoms with Gasteiger partial charge in [0.1, 0.15) is 11.2 Å². The highest BCUT2D eigenvalue weighted by Crippen LogP contribution is 2.42. The van der Waals surface area contributed by atoms with Gasteiger partial charge in [0.05, 0.1) is 5.75 Å². The number of carbonyl (C=O) groups is 1. The Morgan fingerprint density at radius 1 is 1.24 bits per heavy atom. The van der Waals surface area contributed by atoms with Gasteiger partial charge in [-0.3, -0.25) is 9.69 Å². The predicted molar refractivity (Wildman–Crippen MR) is 88.0 cm³/mol. The first-order chi connectivity index (χ1) is 10.1. The fourth-order valence-electron chi connectivity index (χ4n) is 2.31. The fourth-order valence-corrected chi connectivity index (χ4v) is 3.75. The molecule has 21 heavy (non-hydrogen) atoms. The highest BCUT2D eigenvalue weighted by atomic mass is 79.9. The number of hydrogen-bond donors (Lipinski definition) is 0. The first-order valence-electron chi connectivity index (χ1n) is 6.51. The highest BCUT2D eigenvalue weighted by molar-refractivity contribution is 9.10. The number of carbonyl (C=O) groups excluding carboxylic acids is 1. The molecular weight excluding hydrogens is 353 g/mol. The molecule has 5 heteroatoms. The minimum atomic E-state index is -0.285. The molecule has 108 valence electrons. The number of halogens is 2. The van der Waals surface area contributed by atoms with Gasteiger partial charge in [-0.05, 0) is 42.3 Å². The van der Waals surface area contributed by atoms with Crippen LogP contribution >= 0.6 is 27.7 Å². The summed E-state index contributed by atoms with van der Waals surface area (Å²) in [4.78, 5) is 13.9. The van der Waals surface area contributed by atoms with E-state index in [9.17, 15) is 9.18 Å². The zero-order chi connectivity index (χ0) is 15.0. The van der Waals surface area contributed by atoms with Crippen molar-refractivity contribution < 1.29 is 9.18 Å². The molecule has 0 radical (unpaired) electrons. The van der Waals surface area contributed by atoms with Crippen LogP contribution in [0.5, 0.6) is 0 Å². The van der Waals surface area contributed by atoms with E-state index < -0.39 is 0 Å². The van der Waals surface area contributed by atoms with Crippen molar-refractivity contribution in [2.75, 3.05) is 10.7 Å². The first-order valence-corrected chi connectivity index (χ1v) is 8.36. The Hall–Kier alpha value is -1.33. The van der Waals surface area contributed by atoms with E-state index in [0.29, 0.717) is 17.0 Å². The number of amides is 1. The number of benzene rings is 2. The fraction of sp³-hybridized carbons (Fsp3) is 0.188. The number of hydrogen-bond acceptors (Lipinski definition) is 2. The largest absolute Gasteiger partial charge is 0.295 e. The van der Waals surface area contributed by atoms with Crippen LogP contribution in [0.3, 0.4) is 0 Å². The van der Waals surface area contributed by atoms with Gasteiger partial charge in [0.25, 0.3) is 0 Å². The van der Waals surface area contributed by atoms with Gasteiger partial charge in [-0.1, -0.05) is 34.1 Å². The molecule has 2 nitrogen and oxygen atoms in total. The normalized spacial score (nSPS) is 18.3. The van der Waals surface area contributed by atoms with Gasteiger partial charge in [-0.2, -0.15) is 0 Å². The van der Waals surface area contributed by atoms with Crippen LogP contribution < -0.4 is 4.90 Å². The molecule has 1 aliphatic rings. The van der Waals surface area contributed by atoms with Gasteiger partial charge in [0.15, 0.2) is 0 Å². The summed E-state index contributed by atoms with van der Waals surface area (Å²) in [6.07, 6.45) is 0. The van der Waals surface area contributed by atoms with E-state index in [4.69, 9.17) is 0 Å². The summed E-state index contributed by atoms with van der Waals surface area (Å²) in [7, 11) is 0. The first kappa shape index (κ1) is 14.6. The molecule has 0 spiro atoms. The molecule has 1 saturated heterocycles. The second-order valence-corrected chi connectivity index (χ2v) is 6.90. The highest BCUT2D eigenvalue weighted by Gasteiger charge is 2.34. The van der Waals surface area contributed by atoms with Gasteiger partial charge in [0, 0.05) is 10.2 Å². The summed E-state index contributed by atoms with van der Waals surface area (Å²) in [5.74, 6) is 0.138. The molecule has 0 N–H and O–H groups in total. The van der Waals surface area contributed by atoms with Crippen LogP contribution in [0.2, 0.25) is 0 Å². The lowest BCUT2D eigenvalue weighted by Gasteiger charge is -2.24. The number of thioether (sulfide) groups is 1. The van der Waals surface area contributed by atoms with E-state index in [-0.39, 0.29) is 17.1 Å². The Labute approximate surface area is 135 Å². The second kappa shape index (κ2) is 5.81. The van der Waals surface area contributed by atoms with E-state index in [2.05, 4.69) is 15.9 Å². The number of nitrogens with zero attached hydrogens (tertiary/aromatic N) is 1. The van der Waals surface area contributed by atoms with Crippen molar-refractivity contribution in [1.82, 2.24) is 0 Å². The zero-order valence-corrected chi connectivity index (χ0v) is 13.7. The van der Waals surface area contributed by atoms with Crippen LogP contribution in [0.25, 0.3) is 0 Å². The number of aryl methyl sites for hydroxylation is 1. The summed E-state index contributed by atoms with van der Waals surface area (Å²) >= 11 is 4.97. The van der Waals surface area contributed by atoms with Crippen LogP contribution in [0.15, 0.2) is 46.9 Å². The van der Waals surface area contributed by atoms with Gasteiger partial charge in [0.2, 0.25) is 5.91 Å². The second-order valence-electron chi connectivity index (χ2n) is 4.91. The molecular formula is C16H13BrFNOS. The average molecular weight is 366 g/mol. The molecule has 0 aliphatic carbocycles. The lowest BCUT2D eigenvalue weighted by atomic mass is 10.1. The molecule has 1 atom stereocenters. The number of anilines is 1. The van der Waals surface area contributed by atoms with Crippen LogP contribution in [0.1, 0.15) is 16.5 Å². The van der Waals surface area contributed by atoms with Crippen molar-refractivity contribution in [3.8, 4) is 0 Å². The maximum atomic E-state index is 13.8. The molecule has 1 heterocycles. The molecule has 1 fully saturated rings. The molecule has 2 aromatic rings. The SMILES string of the molecule is Cc1ccc(N2C(=O)CSC2c2ccc(Br)cc2)cc1F. The number of rotatable bonds is 2. The molecule has 1 aliphatic heterocycles. The molecule has 1 unspecified atom stereocenters.